The molecule has 2 aromatic rings. The number of guanidine groups is 1. The lowest BCUT2D eigenvalue weighted by atomic mass is 10.2. The van der Waals surface area contributed by atoms with Crippen molar-refractivity contribution in [2.75, 3.05) is 37.6 Å². The lowest BCUT2D eigenvalue weighted by molar-refractivity contribution is 0.370. The molecule has 0 saturated carbocycles. The van der Waals surface area contributed by atoms with Crippen LogP contribution in [0, 0.1) is 6.92 Å². The lowest BCUT2D eigenvalue weighted by Gasteiger charge is -2.36. The quantitative estimate of drug-likeness (QED) is 0.422. The Hall–Kier alpha value is -1.97. The van der Waals surface area contributed by atoms with E-state index in [0.717, 1.165) is 50.3 Å². The van der Waals surface area contributed by atoms with Crippen molar-refractivity contribution in [1.82, 2.24) is 25.2 Å². The number of aryl methyl sites for hydroxylation is 1. The van der Waals surface area contributed by atoms with E-state index in [4.69, 9.17) is 4.99 Å². The van der Waals surface area contributed by atoms with Gasteiger partial charge in [-0.1, -0.05) is 6.07 Å². The molecule has 3 rings (SSSR count). The predicted molar refractivity (Wildman–Crippen MR) is 115 cm³/mol. The molecule has 0 aliphatic carbocycles. The molecule has 140 valence electrons. The fraction of sp³-hybridized carbons (Fsp3) is 0.444. The average Bonchev–Trinajstić information content (AvgIpc) is 2.67. The number of anilines is 1. The van der Waals surface area contributed by atoms with E-state index >= 15 is 0 Å². The van der Waals surface area contributed by atoms with Gasteiger partial charge < -0.3 is 15.1 Å². The van der Waals surface area contributed by atoms with Gasteiger partial charge in [0.2, 0.25) is 5.95 Å². The minimum atomic E-state index is 0. The summed E-state index contributed by atoms with van der Waals surface area (Å²) in [5.74, 6) is 1.74. The Morgan fingerprint density at radius 1 is 1.08 bits per heavy atom. The van der Waals surface area contributed by atoms with Crippen molar-refractivity contribution in [3.63, 3.8) is 0 Å². The third kappa shape index (κ3) is 5.26. The molecule has 0 spiro atoms. The van der Waals surface area contributed by atoms with Crippen LogP contribution in [0.1, 0.15) is 18.2 Å². The smallest absolute Gasteiger partial charge is 0.225 e. The molecule has 3 heterocycles. The molecule has 0 aromatic carbocycles. The normalized spacial score (nSPS) is 14.8. The Labute approximate surface area is 172 Å². The van der Waals surface area contributed by atoms with Gasteiger partial charge in [0.05, 0.1) is 12.2 Å². The van der Waals surface area contributed by atoms with Crippen LogP contribution in [0.25, 0.3) is 0 Å². The third-order valence-corrected chi connectivity index (χ3v) is 4.25. The Morgan fingerprint density at radius 2 is 1.77 bits per heavy atom. The Morgan fingerprint density at radius 3 is 2.42 bits per heavy atom. The summed E-state index contributed by atoms with van der Waals surface area (Å²) in [6, 6.07) is 5.87. The third-order valence-electron chi connectivity index (χ3n) is 4.25. The average molecular weight is 467 g/mol. The second-order valence-corrected chi connectivity index (χ2v) is 5.96. The van der Waals surface area contributed by atoms with Crippen molar-refractivity contribution in [1.29, 1.82) is 0 Å². The summed E-state index contributed by atoms with van der Waals surface area (Å²) in [6.45, 7) is 9.17. The van der Waals surface area contributed by atoms with Crippen molar-refractivity contribution < 1.29 is 0 Å². The zero-order valence-corrected chi connectivity index (χ0v) is 17.6. The molecule has 26 heavy (non-hydrogen) atoms. The molecule has 0 radical (unpaired) electrons. The number of rotatable bonds is 4. The van der Waals surface area contributed by atoms with Gasteiger partial charge in [-0.3, -0.25) is 4.98 Å². The summed E-state index contributed by atoms with van der Waals surface area (Å²) in [7, 11) is 0. The molecule has 1 aliphatic heterocycles. The summed E-state index contributed by atoms with van der Waals surface area (Å²) < 4.78 is 0. The molecule has 0 amide bonds. The van der Waals surface area contributed by atoms with Crippen LogP contribution in [-0.2, 0) is 6.54 Å². The zero-order chi connectivity index (χ0) is 17.5. The number of hydrogen-bond donors (Lipinski definition) is 1. The summed E-state index contributed by atoms with van der Waals surface area (Å²) >= 11 is 0. The van der Waals surface area contributed by atoms with Crippen LogP contribution in [-0.4, -0.2) is 58.5 Å². The first-order chi connectivity index (χ1) is 12.3. The number of halogens is 1. The van der Waals surface area contributed by atoms with E-state index in [-0.39, 0.29) is 24.0 Å². The van der Waals surface area contributed by atoms with Gasteiger partial charge >= 0.3 is 0 Å². The number of piperazine rings is 1. The van der Waals surface area contributed by atoms with Crippen LogP contribution in [0.2, 0.25) is 0 Å². The maximum atomic E-state index is 4.79. The maximum Gasteiger partial charge on any atom is 0.225 e. The minimum absolute atomic E-state index is 0. The molecule has 8 heteroatoms. The van der Waals surface area contributed by atoms with E-state index in [1.165, 1.54) is 5.56 Å². The number of hydrogen-bond acceptors (Lipinski definition) is 5. The predicted octanol–water partition coefficient (Wildman–Crippen LogP) is 2.09. The van der Waals surface area contributed by atoms with Crippen LogP contribution < -0.4 is 10.2 Å². The summed E-state index contributed by atoms with van der Waals surface area (Å²) in [5, 5.41) is 3.40. The summed E-state index contributed by atoms with van der Waals surface area (Å²) in [6.07, 6.45) is 5.40. The Balaban J connectivity index is 0.00000243. The van der Waals surface area contributed by atoms with Gasteiger partial charge in [0.25, 0.3) is 0 Å². The maximum absolute atomic E-state index is 4.79. The second-order valence-electron chi connectivity index (χ2n) is 5.96. The molecule has 0 unspecified atom stereocenters. The van der Waals surface area contributed by atoms with E-state index in [9.17, 15) is 0 Å². The minimum Gasteiger partial charge on any atom is -0.357 e. The molecule has 2 aromatic heterocycles. The van der Waals surface area contributed by atoms with E-state index in [2.05, 4.69) is 50.0 Å². The van der Waals surface area contributed by atoms with Crippen LogP contribution in [0.3, 0.4) is 0 Å². The monoisotopic (exact) mass is 467 g/mol. The van der Waals surface area contributed by atoms with E-state index in [1.807, 2.05) is 18.3 Å². The van der Waals surface area contributed by atoms with Crippen LogP contribution in [0.5, 0.6) is 0 Å². The largest absolute Gasteiger partial charge is 0.357 e. The standard InChI is InChI=1S/C18H25N7.HI/c1-3-19-17(23-14-16-15(2)6-4-7-20-16)24-10-12-25(13-11-24)18-21-8-5-9-22-18;/h4-9H,3,10-14H2,1-2H3,(H,19,23);1H. The van der Waals surface area contributed by atoms with Gasteiger partial charge in [-0.2, -0.15) is 0 Å². The van der Waals surface area contributed by atoms with Gasteiger partial charge in [-0.05, 0) is 31.5 Å². The molecule has 0 atom stereocenters. The van der Waals surface area contributed by atoms with Crippen molar-refractivity contribution in [2.24, 2.45) is 4.99 Å². The molecule has 1 saturated heterocycles. The number of nitrogens with zero attached hydrogens (tertiary/aromatic N) is 6. The van der Waals surface area contributed by atoms with E-state index in [0.29, 0.717) is 6.54 Å². The van der Waals surface area contributed by atoms with E-state index in [1.54, 1.807) is 12.4 Å². The zero-order valence-electron chi connectivity index (χ0n) is 15.3. The number of pyridine rings is 1. The molecule has 7 nitrogen and oxygen atoms in total. The van der Waals surface area contributed by atoms with Crippen LogP contribution >= 0.6 is 24.0 Å². The molecular formula is C18H26IN7. The highest BCUT2D eigenvalue weighted by atomic mass is 127. The van der Waals surface area contributed by atoms with E-state index < -0.39 is 0 Å². The first-order valence-electron chi connectivity index (χ1n) is 8.73. The van der Waals surface area contributed by atoms with Gasteiger partial charge in [0.1, 0.15) is 0 Å². The molecule has 1 fully saturated rings. The number of aliphatic imine (C=N–C) groups is 1. The Kier molecular flexibility index (Phi) is 8.02. The van der Waals surface area contributed by atoms with Crippen molar-refractivity contribution >= 4 is 35.9 Å². The fourth-order valence-electron chi connectivity index (χ4n) is 2.83. The molecule has 0 bridgehead atoms. The van der Waals surface area contributed by atoms with Gasteiger partial charge in [-0.15, -0.1) is 24.0 Å². The summed E-state index contributed by atoms with van der Waals surface area (Å²) in [5.41, 5.74) is 2.20. The highest BCUT2D eigenvalue weighted by Gasteiger charge is 2.21. The second kappa shape index (κ2) is 10.2. The molecule has 1 N–H and O–H groups in total. The van der Waals surface area contributed by atoms with Crippen LogP contribution in [0.15, 0.2) is 41.8 Å². The highest BCUT2D eigenvalue weighted by Crippen LogP contribution is 2.10. The van der Waals surface area contributed by atoms with Crippen LogP contribution in [0.4, 0.5) is 5.95 Å². The van der Waals surface area contributed by atoms with Gasteiger partial charge in [-0.25, -0.2) is 15.0 Å². The Bertz CT molecular complexity index is 700. The number of aromatic nitrogens is 3. The molecular weight excluding hydrogens is 441 g/mol. The first kappa shape index (κ1) is 20.3. The summed E-state index contributed by atoms with van der Waals surface area (Å²) in [4.78, 5) is 22.4. The fourth-order valence-corrected chi connectivity index (χ4v) is 2.83. The lowest BCUT2D eigenvalue weighted by Crippen LogP contribution is -2.53. The molecule has 1 aliphatic rings. The topological polar surface area (TPSA) is 69.5 Å². The van der Waals surface area contributed by atoms with Gasteiger partial charge in [0, 0.05) is 51.3 Å². The van der Waals surface area contributed by atoms with Crippen molar-refractivity contribution in [3.8, 4) is 0 Å². The highest BCUT2D eigenvalue weighted by molar-refractivity contribution is 14.0. The first-order valence-corrected chi connectivity index (χ1v) is 8.73. The number of nitrogens with one attached hydrogen (secondary N) is 1. The van der Waals surface area contributed by atoms with Crippen molar-refractivity contribution in [2.45, 2.75) is 20.4 Å². The van der Waals surface area contributed by atoms with Crippen molar-refractivity contribution in [3.05, 3.63) is 48.0 Å². The SMILES string of the molecule is CCNC(=NCc1ncccc1C)N1CCN(c2ncccn2)CC1.I. The van der Waals surface area contributed by atoms with Gasteiger partial charge in [0.15, 0.2) is 5.96 Å².